The summed E-state index contributed by atoms with van der Waals surface area (Å²) in [4.78, 5) is 13.9. The minimum absolute atomic E-state index is 0.137. The van der Waals surface area contributed by atoms with E-state index in [4.69, 9.17) is 0 Å². The summed E-state index contributed by atoms with van der Waals surface area (Å²) in [6.45, 7) is 4.92. The molecule has 2 aliphatic rings. The molecule has 1 saturated heterocycles. The van der Waals surface area contributed by atoms with Crippen molar-refractivity contribution in [1.29, 1.82) is 0 Å². The van der Waals surface area contributed by atoms with E-state index in [2.05, 4.69) is 18.3 Å². The maximum atomic E-state index is 11.9. The Bertz CT molecular complexity index is 304. The summed E-state index contributed by atoms with van der Waals surface area (Å²) < 4.78 is 0. The third-order valence-electron chi connectivity index (χ3n) is 4.18. The van der Waals surface area contributed by atoms with Crippen LogP contribution in [0.25, 0.3) is 0 Å². The second-order valence-corrected chi connectivity index (χ2v) is 5.76. The molecule has 2 rings (SSSR count). The zero-order valence-corrected chi connectivity index (χ0v) is 11.6. The second kappa shape index (κ2) is 6.81. The van der Waals surface area contributed by atoms with Crippen molar-refractivity contribution in [3.63, 3.8) is 0 Å². The third kappa shape index (κ3) is 4.04. The van der Waals surface area contributed by atoms with Gasteiger partial charge in [0.15, 0.2) is 0 Å². The number of carbonyl (C=O) groups is 1. The Morgan fingerprint density at radius 2 is 2.17 bits per heavy atom. The van der Waals surface area contributed by atoms with Crippen molar-refractivity contribution >= 4 is 6.03 Å². The van der Waals surface area contributed by atoms with Crippen molar-refractivity contribution < 1.29 is 4.79 Å². The summed E-state index contributed by atoms with van der Waals surface area (Å²) in [7, 11) is 0. The van der Waals surface area contributed by atoms with Crippen molar-refractivity contribution in [2.24, 2.45) is 5.92 Å². The average Bonchev–Trinajstić information content (AvgIpc) is 2.40. The highest BCUT2D eigenvalue weighted by Gasteiger charge is 2.19. The SMILES string of the molecule is CC1CCN(C(=O)NCCC2=CCCCC2)CC1. The van der Waals surface area contributed by atoms with Crippen LogP contribution in [0.1, 0.15) is 51.9 Å². The van der Waals surface area contributed by atoms with Crippen molar-refractivity contribution in [2.45, 2.75) is 51.9 Å². The molecule has 0 unspecified atom stereocenters. The Morgan fingerprint density at radius 3 is 2.83 bits per heavy atom. The molecule has 0 spiro atoms. The minimum atomic E-state index is 0.137. The van der Waals surface area contributed by atoms with Crippen molar-refractivity contribution in [1.82, 2.24) is 10.2 Å². The Morgan fingerprint density at radius 1 is 1.39 bits per heavy atom. The summed E-state index contributed by atoms with van der Waals surface area (Å²) in [5, 5.41) is 3.06. The Kier molecular flexibility index (Phi) is 5.09. The van der Waals surface area contributed by atoms with Crippen LogP contribution in [-0.4, -0.2) is 30.6 Å². The maximum Gasteiger partial charge on any atom is 0.317 e. The number of urea groups is 1. The maximum absolute atomic E-state index is 11.9. The molecule has 1 aliphatic carbocycles. The van der Waals surface area contributed by atoms with E-state index in [1.54, 1.807) is 0 Å². The fourth-order valence-electron chi connectivity index (χ4n) is 2.79. The van der Waals surface area contributed by atoms with Crippen LogP contribution in [0, 0.1) is 5.92 Å². The molecular weight excluding hydrogens is 224 g/mol. The number of nitrogens with zero attached hydrogens (tertiary/aromatic N) is 1. The first-order valence-corrected chi connectivity index (χ1v) is 7.46. The molecule has 18 heavy (non-hydrogen) atoms. The van der Waals surface area contributed by atoms with Crippen LogP contribution >= 0.6 is 0 Å². The molecule has 0 atom stereocenters. The van der Waals surface area contributed by atoms with E-state index in [1.165, 1.54) is 31.3 Å². The molecule has 1 heterocycles. The summed E-state index contributed by atoms with van der Waals surface area (Å²) in [5.74, 6) is 0.779. The predicted molar refractivity (Wildman–Crippen MR) is 74.5 cm³/mol. The van der Waals surface area contributed by atoms with Crippen molar-refractivity contribution in [3.8, 4) is 0 Å². The molecule has 3 heteroatoms. The first-order valence-electron chi connectivity index (χ1n) is 7.46. The number of rotatable bonds is 3. The molecule has 0 aromatic heterocycles. The molecule has 1 fully saturated rings. The summed E-state index contributed by atoms with van der Waals surface area (Å²) >= 11 is 0. The smallest absolute Gasteiger partial charge is 0.317 e. The summed E-state index contributed by atoms with van der Waals surface area (Å²) in [6, 6.07) is 0.137. The van der Waals surface area contributed by atoms with Gasteiger partial charge >= 0.3 is 6.03 Å². The lowest BCUT2D eigenvalue weighted by Gasteiger charge is -2.30. The fourth-order valence-corrected chi connectivity index (χ4v) is 2.79. The van der Waals surface area contributed by atoms with Gasteiger partial charge in [-0.3, -0.25) is 0 Å². The fraction of sp³-hybridized carbons (Fsp3) is 0.800. The van der Waals surface area contributed by atoms with Gasteiger partial charge in [0.2, 0.25) is 0 Å². The van der Waals surface area contributed by atoms with Gasteiger partial charge < -0.3 is 10.2 Å². The number of hydrogen-bond donors (Lipinski definition) is 1. The lowest BCUT2D eigenvalue weighted by Crippen LogP contribution is -2.44. The molecule has 102 valence electrons. The Balaban J connectivity index is 1.64. The highest BCUT2D eigenvalue weighted by Crippen LogP contribution is 2.19. The lowest BCUT2D eigenvalue weighted by molar-refractivity contribution is 0.174. The predicted octanol–water partition coefficient (Wildman–Crippen LogP) is 3.32. The van der Waals surface area contributed by atoms with Gasteiger partial charge in [-0.25, -0.2) is 4.79 Å². The molecule has 0 bridgehead atoms. The van der Waals surface area contributed by atoms with Crippen LogP contribution in [0.3, 0.4) is 0 Å². The van der Waals surface area contributed by atoms with Crippen LogP contribution in [0.15, 0.2) is 11.6 Å². The van der Waals surface area contributed by atoms with Gasteiger partial charge in [-0.15, -0.1) is 0 Å². The van der Waals surface area contributed by atoms with Gasteiger partial charge in [-0.1, -0.05) is 18.6 Å². The van der Waals surface area contributed by atoms with Gasteiger partial charge in [0.1, 0.15) is 0 Å². The highest BCUT2D eigenvalue weighted by molar-refractivity contribution is 5.74. The Labute approximate surface area is 111 Å². The minimum Gasteiger partial charge on any atom is -0.338 e. The number of piperidine rings is 1. The van der Waals surface area contributed by atoms with Crippen molar-refractivity contribution in [3.05, 3.63) is 11.6 Å². The first-order chi connectivity index (χ1) is 8.75. The van der Waals surface area contributed by atoms with E-state index < -0.39 is 0 Å². The van der Waals surface area contributed by atoms with E-state index in [0.717, 1.165) is 44.8 Å². The van der Waals surface area contributed by atoms with Gasteiger partial charge in [-0.2, -0.15) is 0 Å². The van der Waals surface area contributed by atoms with E-state index in [9.17, 15) is 4.79 Å². The van der Waals surface area contributed by atoms with Crippen LogP contribution in [0.2, 0.25) is 0 Å². The second-order valence-electron chi connectivity index (χ2n) is 5.76. The topological polar surface area (TPSA) is 32.3 Å². The third-order valence-corrected chi connectivity index (χ3v) is 4.18. The number of allylic oxidation sites excluding steroid dienone is 1. The molecule has 0 saturated carbocycles. The standard InChI is InChI=1S/C15H26N2O/c1-13-8-11-17(12-9-13)15(18)16-10-7-14-5-3-2-4-6-14/h5,13H,2-4,6-12H2,1H3,(H,16,18). The van der Waals surface area contributed by atoms with Crippen LogP contribution in [-0.2, 0) is 0 Å². The molecule has 1 aliphatic heterocycles. The Hall–Kier alpha value is -0.990. The number of likely N-dealkylation sites (tertiary alicyclic amines) is 1. The van der Waals surface area contributed by atoms with Crippen LogP contribution in [0.5, 0.6) is 0 Å². The van der Waals surface area contributed by atoms with Crippen molar-refractivity contribution in [2.75, 3.05) is 19.6 Å². The molecule has 1 N–H and O–H groups in total. The summed E-state index contributed by atoms with van der Waals surface area (Å²) in [6.07, 6.45) is 10.8. The monoisotopic (exact) mass is 250 g/mol. The number of amides is 2. The van der Waals surface area contributed by atoms with E-state index in [0.29, 0.717) is 0 Å². The number of nitrogens with one attached hydrogen (secondary N) is 1. The van der Waals surface area contributed by atoms with E-state index in [1.807, 2.05) is 4.90 Å². The molecule has 3 nitrogen and oxygen atoms in total. The van der Waals surface area contributed by atoms with Gasteiger partial charge in [0.25, 0.3) is 0 Å². The van der Waals surface area contributed by atoms with E-state index >= 15 is 0 Å². The van der Waals surface area contributed by atoms with Crippen LogP contribution < -0.4 is 5.32 Å². The largest absolute Gasteiger partial charge is 0.338 e. The highest BCUT2D eigenvalue weighted by atomic mass is 16.2. The molecule has 0 radical (unpaired) electrons. The number of hydrogen-bond acceptors (Lipinski definition) is 1. The first kappa shape index (κ1) is 13.4. The van der Waals surface area contributed by atoms with Crippen LogP contribution in [0.4, 0.5) is 4.79 Å². The van der Waals surface area contributed by atoms with E-state index in [-0.39, 0.29) is 6.03 Å². The quantitative estimate of drug-likeness (QED) is 0.766. The number of carbonyl (C=O) groups excluding carboxylic acids is 1. The molecule has 2 amide bonds. The normalized spacial score (nSPS) is 21.6. The zero-order valence-electron chi connectivity index (χ0n) is 11.6. The average molecular weight is 250 g/mol. The van der Waals surface area contributed by atoms with Gasteiger partial charge in [-0.05, 0) is 50.9 Å². The molecular formula is C15H26N2O. The summed E-state index contributed by atoms with van der Waals surface area (Å²) in [5.41, 5.74) is 1.54. The van der Waals surface area contributed by atoms with Gasteiger partial charge in [0, 0.05) is 19.6 Å². The molecule has 0 aromatic rings. The van der Waals surface area contributed by atoms with Gasteiger partial charge in [0.05, 0.1) is 0 Å². The lowest BCUT2D eigenvalue weighted by atomic mass is 9.97. The molecule has 0 aromatic carbocycles. The zero-order chi connectivity index (χ0) is 12.8.